The van der Waals surface area contributed by atoms with Crippen molar-refractivity contribution in [3.8, 4) is 0 Å². The van der Waals surface area contributed by atoms with Gasteiger partial charge in [0.15, 0.2) is 18.9 Å². The third-order valence-electron chi connectivity index (χ3n) is 12.2. The lowest BCUT2D eigenvalue weighted by molar-refractivity contribution is -0.376. The first kappa shape index (κ1) is 51.6. The van der Waals surface area contributed by atoms with Crippen molar-refractivity contribution in [2.45, 2.75) is 220 Å². The summed E-state index contributed by atoms with van der Waals surface area (Å²) in [6.07, 6.45) is -8.54. The number of ether oxygens (including phenoxy) is 6. The van der Waals surface area contributed by atoms with E-state index < -0.39 is 136 Å². The van der Waals surface area contributed by atoms with Gasteiger partial charge < -0.3 is 95.0 Å². The van der Waals surface area contributed by atoms with Crippen molar-refractivity contribution in [1.29, 1.82) is 0 Å². The summed E-state index contributed by atoms with van der Waals surface area (Å²) in [5.41, 5.74) is 0.0328. The molecule has 60 heavy (non-hydrogen) atoms. The van der Waals surface area contributed by atoms with Crippen molar-refractivity contribution in [2.24, 2.45) is 0 Å². The SMILES string of the molecule is CCCCCCCCCCCCCCCCOC1OC(CO)C(OC2OC(CO)C(OC3OC(C)C(NC4C=C(CO)C(O)C(O)C4O)C(O)C3O)C(O)C2O)C(O)C1O. The Morgan fingerprint density at radius 2 is 0.983 bits per heavy atom. The summed E-state index contributed by atoms with van der Waals surface area (Å²) in [6, 6.07) is -2.16. The predicted molar refractivity (Wildman–Crippen MR) is 212 cm³/mol. The maximum absolute atomic E-state index is 11.2. The Labute approximate surface area is 352 Å². The Bertz CT molecular complexity index is 1220. The highest BCUT2D eigenvalue weighted by atomic mass is 16.8. The zero-order valence-corrected chi connectivity index (χ0v) is 35.1. The Morgan fingerprint density at radius 1 is 0.533 bits per heavy atom. The van der Waals surface area contributed by atoms with Crippen LogP contribution in [-0.4, -0.2) is 204 Å². The molecule has 3 fully saturated rings. The van der Waals surface area contributed by atoms with Crippen LogP contribution in [0.1, 0.15) is 104 Å². The van der Waals surface area contributed by atoms with Gasteiger partial charge in [-0.15, -0.1) is 0 Å². The molecule has 0 bridgehead atoms. The van der Waals surface area contributed by atoms with E-state index in [0.29, 0.717) is 6.42 Å². The molecule has 0 spiro atoms. The van der Waals surface area contributed by atoms with Crippen LogP contribution >= 0.6 is 0 Å². The highest BCUT2D eigenvalue weighted by Crippen LogP contribution is 2.33. The molecular formula is C41H75NO18. The second-order valence-corrected chi connectivity index (χ2v) is 16.8. The van der Waals surface area contributed by atoms with E-state index in [2.05, 4.69) is 12.2 Å². The maximum atomic E-state index is 11.2. The summed E-state index contributed by atoms with van der Waals surface area (Å²) in [5, 5.41) is 130. The summed E-state index contributed by atoms with van der Waals surface area (Å²) in [5.74, 6) is 0. The quantitative estimate of drug-likeness (QED) is 0.0347. The van der Waals surface area contributed by atoms with E-state index >= 15 is 0 Å². The van der Waals surface area contributed by atoms with Gasteiger partial charge in [-0.2, -0.15) is 0 Å². The van der Waals surface area contributed by atoms with Gasteiger partial charge in [0.25, 0.3) is 0 Å². The third kappa shape index (κ3) is 13.7. The molecule has 13 N–H and O–H groups in total. The van der Waals surface area contributed by atoms with E-state index in [1.807, 2.05) is 0 Å². The number of unbranched alkanes of at least 4 members (excludes halogenated alkanes) is 13. The van der Waals surface area contributed by atoms with Crippen molar-refractivity contribution >= 4 is 0 Å². The first-order chi connectivity index (χ1) is 28.8. The average Bonchev–Trinajstić information content (AvgIpc) is 3.24. The first-order valence-corrected chi connectivity index (χ1v) is 22.1. The topological polar surface area (TPSA) is 310 Å². The number of hydrogen-bond donors (Lipinski definition) is 13. The molecule has 3 aliphatic heterocycles. The zero-order valence-electron chi connectivity index (χ0n) is 35.1. The molecule has 1 aliphatic carbocycles. The van der Waals surface area contributed by atoms with Crippen LogP contribution in [0, 0.1) is 0 Å². The molecule has 3 saturated heterocycles. The van der Waals surface area contributed by atoms with Gasteiger partial charge in [0.05, 0.1) is 38.0 Å². The van der Waals surface area contributed by atoms with E-state index in [9.17, 15) is 61.3 Å². The fourth-order valence-corrected chi connectivity index (χ4v) is 8.43. The molecule has 0 aromatic carbocycles. The highest BCUT2D eigenvalue weighted by Gasteiger charge is 2.54. The van der Waals surface area contributed by atoms with Gasteiger partial charge in [-0.25, -0.2) is 0 Å². The Hall–Kier alpha value is -1.02. The lowest BCUT2D eigenvalue weighted by Gasteiger charge is -2.49. The summed E-state index contributed by atoms with van der Waals surface area (Å²) >= 11 is 0. The second-order valence-electron chi connectivity index (χ2n) is 16.8. The van der Waals surface area contributed by atoms with Crippen LogP contribution in [0.15, 0.2) is 11.6 Å². The molecule has 4 aliphatic rings. The van der Waals surface area contributed by atoms with Gasteiger partial charge in [-0.3, -0.25) is 0 Å². The molecule has 0 radical (unpaired) electrons. The lowest BCUT2D eigenvalue weighted by atomic mass is 9.86. The largest absolute Gasteiger partial charge is 0.394 e. The molecule has 352 valence electrons. The zero-order chi connectivity index (χ0) is 43.9. The fourth-order valence-electron chi connectivity index (χ4n) is 8.43. The van der Waals surface area contributed by atoms with Crippen molar-refractivity contribution in [2.75, 3.05) is 26.4 Å². The van der Waals surface area contributed by atoms with Crippen LogP contribution in [0.2, 0.25) is 0 Å². The minimum atomic E-state index is -1.91. The van der Waals surface area contributed by atoms with Crippen LogP contribution in [0.25, 0.3) is 0 Å². The van der Waals surface area contributed by atoms with Crippen LogP contribution < -0.4 is 5.32 Å². The summed E-state index contributed by atoms with van der Waals surface area (Å²) in [7, 11) is 0. The normalized spacial score (nSPS) is 41.4. The van der Waals surface area contributed by atoms with Crippen molar-refractivity contribution in [3.05, 3.63) is 11.6 Å². The van der Waals surface area contributed by atoms with Crippen molar-refractivity contribution in [1.82, 2.24) is 5.32 Å². The minimum Gasteiger partial charge on any atom is -0.394 e. The Kier molecular flexibility index (Phi) is 22.4. The molecule has 4 rings (SSSR count). The molecule has 3 heterocycles. The van der Waals surface area contributed by atoms with Crippen LogP contribution in [0.3, 0.4) is 0 Å². The Morgan fingerprint density at radius 3 is 1.48 bits per heavy atom. The van der Waals surface area contributed by atoms with Gasteiger partial charge >= 0.3 is 0 Å². The van der Waals surface area contributed by atoms with Gasteiger partial charge in [0.2, 0.25) is 0 Å². The van der Waals surface area contributed by atoms with E-state index in [4.69, 9.17) is 28.4 Å². The number of rotatable bonds is 25. The molecule has 0 saturated carbocycles. The summed E-state index contributed by atoms with van der Waals surface area (Å²) < 4.78 is 34.5. The number of aliphatic hydroxyl groups is 12. The lowest BCUT2D eigenvalue weighted by Crippen LogP contribution is -2.68. The highest BCUT2D eigenvalue weighted by molar-refractivity contribution is 5.22. The van der Waals surface area contributed by atoms with Gasteiger partial charge in [0, 0.05) is 6.61 Å². The minimum absolute atomic E-state index is 0.0328. The van der Waals surface area contributed by atoms with E-state index in [1.54, 1.807) is 0 Å². The molecule has 19 unspecified atom stereocenters. The molecule has 0 aromatic heterocycles. The standard InChI is InChI=1S/C41H75NO18/c1-3-4-5-6-7-8-9-10-11-12-13-14-15-16-17-55-39-35(53)32(50)37(25(20-44)57-39)60-41-36(54)33(51)38(26(21-45)58-41)59-40-34(52)30(48)27(22(2)56-40)42-24-18-23(19-43)28(46)31(49)29(24)47/h18,22,24-54H,3-17,19-21H2,1-2H3. The molecule has 19 heteroatoms. The maximum Gasteiger partial charge on any atom is 0.187 e. The van der Waals surface area contributed by atoms with Gasteiger partial charge in [-0.05, 0) is 18.9 Å². The van der Waals surface area contributed by atoms with Crippen molar-refractivity contribution in [3.63, 3.8) is 0 Å². The monoisotopic (exact) mass is 869 g/mol. The third-order valence-corrected chi connectivity index (χ3v) is 12.2. The predicted octanol–water partition coefficient (Wildman–Crippen LogP) is -2.06. The van der Waals surface area contributed by atoms with Crippen LogP contribution in [0.5, 0.6) is 0 Å². The number of hydrogen-bond acceptors (Lipinski definition) is 19. The summed E-state index contributed by atoms with van der Waals surface area (Å²) in [4.78, 5) is 0. The number of nitrogens with one attached hydrogen (secondary N) is 1. The Balaban J connectivity index is 1.22. The second kappa shape index (κ2) is 26.1. The fraction of sp³-hybridized carbons (Fsp3) is 0.951. The van der Waals surface area contributed by atoms with Gasteiger partial charge in [-0.1, -0.05) is 96.5 Å². The van der Waals surface area contributed by atoms with E-state index in [1.165, 1.54) is 77.2 Å². The smallest absolute Gasteiger partial charge is 0.187 e. The van der Waals surface area contributed by atoms with Crippen LogP contribution in [0.4, 0.5) is 0 Å². The summed E-state index contributed by atoms with van der Waals surface area (Å²) in [6.45, 7) is 1.88. The molecule has 0 aromatic rings. The molecule has 0 amide bonds. The average molecular weight is 870 g/mol. The number of aliphatic hydroxyl groups excluding tert-OH is 12. The molecular weight excluding hydrogens is 794 g/mol. The van der Waals surface area contributed by atoms with E-state index in [-0.39, 0.29) is 12.2 Å². The van der Waals surface area contributed by atoms with Crippen LogP contribution in [-0.2, 0) is 28.4 Å². The first-order valence-electron chi connectivity index (χ1n) is 22.1. The van der Waals surface area contributed by atoms with Crippen molar-refractivity contribution < 1.29 is 89.7 Å². The van der Waals surface area contributed by atoms with Gasteiger partial charge in [0.1, 0.15) is 79.4 Å². The molecule has 19 atom stereocenters. The van der Waals surface area contributed by atoms with E-state index in [0.717, 1.165) is 19.3 Å². The molecule has 19 nitrogen and oxygen atoms in total.